The third-order valence-corrected chi connectivity index (χ3v) is 3.94. The molecule has 0 aromatic carbocycles. The highest BCUT2D eigenvalue weighted by atomic mass is 32.2. The SMILES string of the molecule is CCNc1cncc(N(C)C2CCSC2)n1. The Morgan fingerprint density at radius 1 is 1.56 bits per heavy atom. The molecule has 88 valence electrons. The van der Waals surface area contributed by atoms with E-state index >= 15 is 0 Å². The first-order chi connectivity index (χ1) is 7.81. The molecular formula is C11H18N4S. The Morgan fingerprint density at radius 3 is 3.12 bits per heavy atom. The second-order valence-electron chi connectivity index (χ2n) is 3.92. The van der Waals surface area contributed by atoms with Gasteiger partial charge in [-0.05, 0) is 19.1 Å². The standard InChI is InChI=1S/C11H18N4S/c1-3-13-10-6-12-7-11(14-10)15(2)9-4-5-16-8-9/h6-7,9H,3-5,8H2,1-2H3,(H,13,14). The number of nitrogens with one attached hydrogen (secondary N) is 1. The molecule has 1 aromatic rings. The third-order valence-electron chi connectivity index (χ3n) is 2.79. The highest BCUT2D eigenvalue weighted by Gasteiger charge is 2.21. The molecule has 0 aliphatic carbocycles. The van der Waals surface area contributed by atoms with E-state index in [9.17, 15) is 0 Å². The summed E-state index contributed by atoms with van der Waals surface area (Å²) in [5.41, 5.74) is 0. The van der Waals surface area contributed by atoms with Crippen molar-refractivity contribution < 1.29 is 0 Å². The Kier molecular flexibility index (Phi) is 3.88. The highest BCUT2D eigenvalue weighted by molar-refractivity contribution is 7.99. The van der Waals surface area contributed by atoms with Gasteiger partial charge in [0.05, 0.1) is 12.4 Å². The van der Waals surface area contributed by atoms with Crippen molar-refractivity contribution in [3.63, 3.8) is 0 Å². The first-order valence-corrected chi connectivity index (χ1v) is 6.83. The average Bonchev–Trinajstić information content (AvgIpc) is 2.82. The van der Waals surface area contributed by atoms with Gasteiger partial charge in [-0.25, -0.2) is 4.98 Å². The summed E-state index contributed by atoms with van der Waals surface area (Å²) < 4.78 is 0. The lowest BCUT2D eigenvalue weighted by Crippen LogP contribution is -2.32. The van der Waals surface area contributed by atoms with Crippen molar-refractivity contribution >= 4 is 23.4 Å². The molecule has 1 unspecified atom stereocenters. The van der Waals surface area contributed by atoms with E-state index in [4.69, 9.17) is 0 Å². The molecule has 0 spiro atoms. The number of anilines is 2. The van der Waals surface area contributed by atoms with Crippen LogP contribution in [0.15, 0.2) is 12.4 Å². The Labute approximate surface area is 101 Å². The fourth-order valence-corrected chi connectivity index (χ4v) is 3.07. The van der Waals surface area contributed by atoms with Gasteiger partial charge in [0.1, 0.15) is 11.6 Å². The van der Waals surface area contributed by atoms with Crippen LogP contribution < -0.4 is 10.2 Å². The number of hydrogen-bond acceptors (Lipinski definition) is 5. The van der Waals surface area contributed by atoms with Crippen LogP contribution in [0.1, 0.15) is 13.3 Å². The summed E-state index contributed by atoms with van der Waals surface area (Å²) in [4.78, 5) is 11.0. The second kappa shape index (κ2) is 5.39. The Bertz CT molecular complexity index is 339. The molecule has 0 radical (unpaired) electrons. The molecule has 1 fully saturated rings. The molecule has 1 aliphatic heterocycles. The summed E-state index contributed by atoms with van der Waals surface area (Å²) in [5.74, 6) is 4.28. The van der Waals surface area contributed by atoms with E-state index in [1.807, 2.05) is 18.0 Å². The van der Waals surface area contributed by atoms with Crippen molar-refractivity contribution in [2.75, 3.05) is 35.3 Å². The minimum atomic E-state index is 0.608. The maximum Gasteiger partial charge on any atom is 0.149 e. The molecule has 16 heavy (non-hydrogen) atoms. The molecule has 1 aliphatic rings. The molecule has 1 N–H and O–H groups in total. The van der Waals surface area contributed by atoms with Gasteiger partial charge in [0.25, 0.3) is 0 Å². The lowest BCUT2D eigenvalue weighted by molar-refractivity contribution is 0.690. The maximum absolute atomic E-state index is 4.55. The van der Waals surface area contributed by atoms with Crippen LogP contribution in [0.25, 0.3) is 0 Å². The summed E-state index contributed by atoms with van der Waals surface area (Å²) in [6.07, 6.45) is 4.85. The molecule has 4 nitrogen and oxygen atoms in total. The topological polar surface area (TPSA) is 41.1 Å². The minimum Gasteiger partial charge on any atom is -0.369 e. The summed E-state index contributed by atoms with van der Waals surface area (Å²) in [6, 6.07) is 0.608. The van der Waals surface area contributed by atoms with Crippen molar-refractivity contribution in [2.24, 2.45) is 0 Å². The van der Waals surface area contributed by atoms with E-state index in [0.29, 0.717) is 6.04 Å². The van der Waals surface area contributed by atoms with Crippen molar-refractivity contribution in [3.8, 4) is 0 Å². The molecule has 1 atom stereocenters. The van der Waals surface area contributed by atoms with Crippen LogP contribution in [0, 0.1) is 0 Å². The predicted molar refractivity (Wildman–Crippen MR) is 70.3 cm³/mol. The first-order valence-electron chi connectivity index (χ1n) is 5.67. The van der Waals surface area contributed by atoms with Gasteiger partial charge in [0, 0.05) is 25.4 Å². The largest absolute Gasteiger partial charge is 0.369 e. The number of hydrogen-bond donors (Lipinski definition) is 1. The molecule has 2 rings (SSSR count). The number of rotatable bonds is 4. The molecule has 5 heteroatoms. The fraction of sp³-hybridized carbons (Fsp3) is 0.636. The van der Waals surface area contributed by atoms with Crippen LogP contribution in [-0.2, 0) is 0 Å². The predicted octanol–water partition coefficient (Wildman–Crippen LogP) is 1.85. The minimum absolute atomic E-state index is 0.608. The van der Waals surface area contributed by atoms with Gasteiger partial charge in [0.2, 0.25) is 0 Å². The van der Waals surface area contributed by atoms with Crippen LogP contribution in [0.4, 0.5) is 11.6 Å². The molecule has 0 amide bonds. The van der Waals surface area contributed by atoms with Gasteiger partial charge in [-0.1, -0.05) is 0 Å². The van der Waals surface area contributed by atoms with Gasteiger partial charge in [-0.2, -0.15) is 11.8 Å². The first kappa shape index (κ1) is 11.5. The molecule has 1 aromatic heterocycles. The van der Waals surface area contributed by atoms with Crippen LogP contribution in [0.3, 0.4) is 0 Å². The quantitative estimate of drug-likeness (QED) is 0.867. The van der Waals surface area contributed by atoms with Crippen LogP contribution >= 0.6 is 11.8 Å². The Hall–Kier alpha value is -0.970. The Balaban J connectivity index is 2.09. The maximum atomic E-state index is 4.55. The van der Waals surface area contributed by atoms with E-state index < -0.39 is 0 Å². The molecular weight excluding hydrogens is 220 g/mol. The molecule has 0 saturated carbocycles. The number of aromatic nitrogens is 2. The van der Waals surface area contributed by atoms with Gasteiger partial charge in [-0.3, -0.25) is 4.98 Å². The van der Waals surface area contributed by atoms with Crippen molar-refractivity contribution in [3.05, 3.63) is 12.4 Å². The van der Waals surface area contributed by atoms with Crippen molar-refractivity contribution in [1.29, 1.82) is 0 Å². The van der Waals surface area contributed by atoms with Crippen LogP contribution in [0.5, 0.6) is 0 Å². The van der Waals surface area contributed by atoms with Crippen molar-refractivity contribution in [1.82, 2.24) is 9.97 Å². The summed E-state index contributed by atoms with van der Waals surface area (Å²) in [7, 11) is 2.11. The lowest BCUT2D eigenvalue weighted by atomic mass is 10.2. The van der Waals surface area contributed by atoms with Gasteiger partial charge < -0.3 is 10.2 Å². The number of thioether (sulfide) groups is 1. The fourth-order valence-electron chi connectivity index (χ4n) is 1.81. The third kappa shape index (κ3) is 2.58. The second-order valence-corrected chi connectivity index (χ2v) is 5.07. The zero-order chi connectivity index (χ0) is 11.4. The molecule has 0 bridgehead atoms. The monoisotopic (exact) mass is 238 g/mol. The summed E-state index contributed by atoms with van der Waals surface area (Å²) in [6.45, 7) is 2.94. The van der Waals surface area contributed by atoms with E-state index in [-0.39, 0.29) is 0 Å². The van der Waals surface area contributed by atoms with Gasteiger partial charge in [0.15, 0.2) is 0 Å². The Morgan fingerprint density at radius 2 is 2.44 bits per heavy atom. The zero-order valence-corrected chi connectivity index (χ0v) is 10.6. The molecule has 1 saturated heterocycles. The zero-order valence-electron chi connectivity index (χ0n) is 9.81. The highest BCUT2D eigenvalue weighted by Crippen LogP contribution is 2.24. The molecule has 2 heterocycles. The van der Waals surface area contributed by atoms with Gasteiger partial charge in [-0.15, -0.1) is 0 Å². The van der Waals surface area contributed by atoms with E-state index in [2.05, 4.69) is 34.2 Å². The number of nitrogens with zero attached hydrogens (tertiary/aromatic N) is 3. The average molecular weight is 238 g/mol. The van der Waals surface area contributed by atoms with Crippen LogP contribution in [-0.4, -0.2) is 41.1 Å². The normalized spacial score (nSPS) is 19.8. The van der Waals surface area contributed by atoms with E-state index in [1.165, 1.54) is 17.9 Å². The van der Waals surface area contributed by atoms with E-state index in [1.54, 1.807) is 6.20 Å². The van der Waals surface area contributed by atoms with Crippen molar-refractivity contribution in [2.45, 2.75) is 19.4 Å². The summed E-state index contributed by atoms with van der Waals surface area (Å²) in [5, 5.41) is 3.19. The summed E-state index contributed by atoms with van der Waals surface area (Å²) >= 11 is 2.01. The smallest absolute Gasteiger partial charge is 0.149 e. The van der Waals surface area contributed by atoms with Gasteiger partial charge >= 0.3 is 0 Å². The van der Waals surface area contributed by atoms with E-state index in [0.717, 1.165) is 18.2 Å². The van der Waals surface area contributed by atoms with Crippen LogP contribution in [0.2, 0.25) is 0 Å². The lowest BCUT2D eigenvalue weighted by Gasteiger charge is -2.24.